The van der Waals surface area contributed by atoms with Gasteiger partial charge >= 0.3 is 0 Å². The molecule has 20 heavy (non-hydrogen) atoms. The van der Waals surface area contributed by atoms with E-state index in [4.69, 9.17) is 0 Å². The molecule has 0 saturated carbocycles. The van der Waals surface area contributed by atoms with Gasteiger partial charge < -0.3 is 10.4 Å². The third-order valence-corrected chi connectivity index (χ3v) is 3.74. The summed E-state index contributed by atoms with van der Waals surface area (Å²) >= 11 is 3.40. The highest BCUT2D eigenvalue weighted by atomic mass is 79.9. The van der Waals surface area contributed by atoms with Gasteiger partial charge in [-0.15, -0.1) is 0 Å². The quantitative estimate of drug-likeness (QED) is 0.841. The molecule has 2 rings (SSSR count). The van der Waals surface area contributed by atoms with Crippen LogP contribution in [0.2, 0.25) is 0 Å². The van der Waals surface area contributed by atoms with Crippen LogP contribution in [-0.2, 0) is 11.9 Å². The number of phenols is 1. The third kappa shape index (κ3) is 3.61. The van der Waals surface area contributed by atoms with Gasteiger partial charge in [-0.05, 0) is 41.8 Å². The Morgan fingerprint density at radius 3 is 2.40 bits per heavy atom. The van der Waals surface area contributed by atoms with Gasteiger partial charge in [-0.25, -0.2) is 0 Å². The van der Waals surface area contributed by atoms with Crippen LogP contribution in [0.25, 0.3) is 0 Å². The molecule has 104 valence electrons. The number of benzene rings is 2. The van der Waals surface area contributed by atoms with Gasteiger partial charge in [-0.1, -0.05) is 40.2 Å². The molecule has 0 aliphatic rings. The first-order valence-corrected chi connectivity index (χ1v) is 7.44. The van der Waals surface area contributed by atoms with Gasteiger partial charge in [0.15, 0.2) is 0 Å². The van der Waals surface area contributed by atoms with E-state index in [9.17, 15) is 9.90 Å². The Balaban J connectivity index is 1.98. The molecule has 0 heterocycles. The lowest BCUT2D eigenvalue weighted by atomic mass is 10.1. The van der Waals surface area contributed by atoms with Crippen LogP contribution >= 0.6 is 15.9 Å². The van der Waals surface area contributed by atoms with Crippen LogP contribution in [0.1, 0.15) is 27.0 Å². The lowest BCUT2D eigenvalue weighted by Crippen LogP contribution is -2.22. The summed E-state index contributed by atoms with van der Waals surface area (Å²) in [5.41, 5.74) is 3.50. The molecular formula is C16H16BrNO2. The average Bonchev–Trinajstić information content (AvgIpc) is 2.48. The molecule has 2 aromatic carbocycles. The molecule has 2 N–H and O–H groups in total. The molecule has 0 aliphatic carbocycles. The number of carbonyl (C=O) groups is 1. The van der Waals surface area contributed by atoms with E-state index in [1.54, 1.807) is 19.1 Å². The second-order valence-electron chi connectivity index (χ2n) is 4.63. The summed E-state index contributed by atoms with van der Waals surface area (Å²) in [7, 11) is 0. The zero-order chi connectivity index (χ0) is 14.5. The van der Waals surface area contributed by atoms with E-state index in [1.165, 1.54) is 11.6 Å². The predicted molar refractivity (Wildman–Crippen MR) is 83.1 cm³/mol. The highest BCUT2D eigenvalue weighted by molar-refractivity contribution is 9.08. The Labute approximate surface area is 126 Å². The Bertz CT molecular complexity index is 608. The molecule has 0 saturated heterocycles. The number of aryl methyl sites for hydroxylation is 1. The molecule has 2 aromatic rings. The van der Waals surface area contributed by atoms with Crippen LogP contribution in [0, 0.1) is 6.92 Å². The first kappa shape index (κ1) is 14.6. The third-order valence-electron chi connectivity index (χ3n) is 3.09. The Morgan fingerprint density at radius 1 is 1.15 bits per heavy atom. The Kier molecular flexibility index (Phi) is 4.79. The van der Waals surface area contributed by atoms with Gasteiger partial charge in [0, 0.05) is 17.4 Å². The maximum absolute atomic E-state index is 12.0. The van der Waals surface area contributed by atoms with E-state index < -0.39 is 0 Å². The minimum atomic E-state index is -0.141. The summed E-state index contributed by atoms with van der Waals surface area (Å²) in [4.78, 5) is 12.0. The molecule has 0 unspecified atom stereocenters. The van der Waals surface area contributed by atoms with Crippen molar-refractivity contribution >= 4 is 21.8 Å². The number of halogens is 1. The fraction of sp³-hybridized carbons (Fsp3) is 0.188. The summed E-state index contributed by atoms with van der Waals surface area (Å²) in [6.07, 6.45) is 0. The zero-order valence-electron chi connectivity index (χ0n) is 11.2. The van der Waals surface area contributed by atoms with Gasteiger partial charge in [0.1, 0.15) is 5.75 Å². The molecule has 4 heteroatoms. The highest BCUT2D eigenvalue weighted by Crippen LogP contribution is 2.17. The van der Waals surface area contributed by atoms with Gasteiger partial charge in [0.2, 0.25) is 0 Å². The number of hydrogen-bond donors (Lipinski definition) is 2. The van der Waals surface area contributed by atoms with Crippen molar-refractivity contribution in [1.82, 2.24) is 5.32 Å². The maximum Gasteiger partial charge on any atom is 0.251 e. The smallest absolute Gasteiger partial charge is 0.251 e. The van der Waals surface area contributed by atoms with Crippen LogP contribution in [0.4, 0.5) is 0 Å². The number of alkyl halides is 1. The predicted octanol–water partition coefficient (Wildman–Crippen LogP) is 3.53. The summed E-state index contributed by atoms with van der Waals surface area (Å²) < 4.78 is 0. The molecule has 1 amide bonds. The summed E-state index contributed by atoms with van der Waals surface area (Å²) in [5, 5.41) is 13.1. The monoisotopic (exact) mass is 333 g/mol. The maximum atomic E-state index is 12.0. The lowest BCUT2D eigenvalue weighted by molar-refractivity contribution is 0.0951. The molecule has 0 fully saturated rings. The number of carbonyl (C=O) groups excluding carboxylic acids is 1. The number of phenolic OH excluding ortho intramolecular Hbond substituents is 1. The van der Waals surface area contributed by atoms with E-state index in [0.717, 1.165) is 10.9 Å². The topological polar surface area (TPSA) is 49.3 Å². The molecule has 0 radical (unpaired) electrons. The molecular weight excluding hydrogens is 318 g/mol. The number of aromatic hydroxyl groups is 1. The Hall–Kier alpha value is -1.81. The van der Waals surface area contributed by atoms with Crippen molar-refractivity contribution in [1.29, 1.82) is 0 Å². The minimum absolute atomic E-state index is 0.141. The van der Waals surface area contributed by atoms with Crippen LogP contribution in [0.3, 0.4) is 0 Å². The summed E-state index contributed by atoms with van der Waals surface area (Å²) in [6, 6.07) is 12.9. The largest absolute Gasteiger partial charge is 0.508 e. The fourth-order valence-electron chi connectivity index (χ4n) is 1.83. The van der Waals surface area contributed by atoms with E-state index in [2.05, 4.69) is 21.2 Å². The van der Waals surface area contributed by atoms with E-state index in [1.807, 2.05) is 24.3 Å². The normalized spacial score (nSPS) is 10.3. The first-order valence-electron chi connectivity index (χ1n) is 6.32. The van der Waals surface area contributed by atoms with Gasteiger partial charge in [0.25, 0.3) is 5.91 Å². The van der Waals surface area contributed by atoms with Crippen LogP contribution in [-0.4, -0.2) is 11.0 Å². The van der Waals surface area contributed by atoms with Crippen molar-refractivity contribution in [2.45, 2.75) is 18.8 Å². The molecule has 0 aliphatic heterocycles. The van der Waals surface area contributed by atoms with Crippen LogP contribution < -0.4 is 5.32 Å². The lowest BCUT2D eigenvalue weighted by Gasteiger charge is -2.07. The number of nitrogens with one attached hydrogen (secondary N) is 1. The molecule has 0 bridgehead atoms. The Morgan fingerprint density at radius 2 is 1.80 bits per heavy atom. The average molecular weight is 334 g/mol. The fourth-order valence-corrected chi connectivity index (χ4v) is 2.20. The van der Waals surface area contributed by atoms with Gasteiger partial charge in [-0.3, -0.25) is 4.79 Å². The standard InChI is InChI=1S/C16H16BrNO2/c1-11-8-14(6-7-15(11)19)16(20)18-10-13-4-2-12(9-17)3-5-13/h2-8,19H,9-10H2,1H3,(H,18,20). The van der Waals surface area contributed by atoms with Gasteiger partial charge in [0.05, 0.1) is 0 Å². The van der Waals surface area contributed by atoms with Crippen molar-refractivity contribution in [2.75, 3.05) is 0 Å². The van der Waals surface area contributed by atoms with Crippen molar-refractivity contribution in [3.05, 3.63) is 64.7 Å². The molecule has 0 aromatic heterocycles. The second-order valence-corrected chi connectivity index (χ2v) is 5.19. The van der Waals surface area contributed by atoms with Crippen LogP contribution in [0.5, 0.6) is 5.75 Å². The first-order chi connectivity index (χ1) is 9.60. The van der Waals surface area contributed by atoms with Crippen molar-refractivity contribution in [3.8, 4) is 5.75 Å². The SMILES string of the molecule is Cc1cc(C(=O)NCc2ccc(CBr)cc2)ccc1O. The minimum Gasteiger partial charge on any atom is -0.508 e. The zero-order valence-corrected chi connectivity index (χ0v) is 12.8. The van der Waals surface area contributed by atoms with E-state index in [-0.39, 0.29) is 11.7 Å². The van der Waals surface area contributed by atoms with Crippen molar-refractivity contribution in [3.63, 3.8) is 0 Å². The molecule has 3 nitrogen and oxygen atoms in total. The highest BCUT2D eigenvalue weighted by Gasteiger charge is 2.07. The number of amides is 1. The number of hydrogen-bond acceptors (Lipinski definition) is 2. The van der Waals surface area contributed by atoms with E-state index >= 15 is 0 Å². The van der Waals surface area contributed by atoms with Crippen molar-refractivity contribution in [2.24, 2.45) is 0 Å². The molecule has 0 atom stereocenters. The van der Waals surface area contributed by atoms with Crippen LogP contribution in [0.15, 0.2) is 42.5 Å². The van der Waals surface area contributed by atoms with Crippen molar-refractivity contribution < 1.29 is 9.90 Å². The summed E-state index contributed by atoms with van der Waals surface area (Å²) in [6.45, 7) is 2.26. The van der Waals surface area contributed by atoms with Gasteiger partial charge in [-0.2, -0.15) is 0 Å². The molecule has 0 spiro atoms. The van der Waals surface area contributed by atoms with E-state index in [0.29, 0.717) is 17.7 Å². The second kappa shape index (κ2) is 6.57. The summed E-state index contributed by atoms with van der Waals surface area (Å²) in [5.74, 6) is 0.0598. The number of rotatable bonds is 4.